The number of nitriles is 1. The van der Waals surface area contributed by atoms with Gasteiger partial charge in [-0.25, -0.2) is 4.98 Å². The van der Waals surface area contributed by atoms with E-state index in [1.165, 1.54) is 17.3 Å². The summed E-state index contributed by atoms with van der Waals surface area (Å²) in [4.78, 5) is 30.4. The molecule has 0 aliphatic heterocycles. The standard InChI is InChI=1S/C26H28N4O2S/c27-15-17-33-26-29-23-9-5-4-8-22(23)25(32)30(26)18-20-10-12-21(13-11-20)24(31)28-16-14-19-6-2-1-3-7-19/h1-9,20-21H,10-14,16-18H2,(H,28,31). The third-order valence-electron chi connectivity index (χ3n) is 6.31. The summed E-state index contributed by atoms with van der Waals surface area (Å²) < 4.78 is 1.73. The topological polar surface area (TPSA) is 87.8 Å². The van der Waals surface area contributed by atoms with Gasteiger partial charge in [0.15, 0.2) is 5.16 Å². The third-order valence-corrected chi connectivity index (χ3v) is 7.15. The summed E-state index contributed by atoms with van der Waals surface area (Å²) in [6, 6.07) is 19.6. The first-order chi connectivity index (χ1) is 16.2. The maximum Gasteiger partial charge on any atom is 0.262 e. The van der Waals surface area contributed by atoms with Crippen LogP contribution in [0.5, 0.6) is 0 Å². The molecule has 4 rings (SSSR count). The van der Waals surface area contributed by atoms with Gasteiger partial charge < -0.3 is 5.32 Å². The second kappa shape index (κ2) is 11.2. The van der Waals surface area contributed by atoms with Gasteiger partial charge in [-0.05, 0) is 55.7 Å². The van der Waals surface area contributed by atoms with Crippen molar-refractivity contribution in [3.63, 3.8) is 0 Å². The molecule has 1 N–H and O–H groups in total. The Hall–Kier alpha value is -3.11. The van der Waals surface area contributed by atoms with Gasteiger partial charge in [0.1, 0.15) is 0 Å². The molecule has 0 spiro atoms. The summed E-state index contributed by atoms with van der Waals surface area (Å²) in [5, 5.41) is 13.3. The average Bonchev–Trinajstić information content (AvgIpc) is 2.85. The van der Waals surface area contributed by atoms with E-state index in [0.717, 1.165) is 32.1 Å². The predicted octanol–water partition coefficient (Wildman–Crippen LogP) is 4.18. The number of fused-ring (bicyclic) bond motifs is 1. The Morgan fingerprint density at radius 2 is 1.82 bits per heavy atom. The first-order valence-electron chi connectivity index (χ1n) is 11.5. The van der Waals surface area contributed by atoms with Crippen molar-refractivity contribution in [2.75, 3.05) is 12.3 Å². The highest BCUT2D eigenvalue weighted by Gasteiger charge is 2.27. The molecular formula is C26H28N4O2S. The highest BCUT2D eigenvalue weighted by molar-refractivity contribution is 7.99. The number of nitrogens with one attached hydrogen (secondary N) is 1. The molecule has 3 aromatic rings. The van der Waals surface area contributed by atoms with Gasteiger partial charge in [-0.2, -0.15) is 5.26 Å². The number of rotatable bonds is 8. The third kappa shape index (κ3) is 5.82. The lowest BCUT2D eigenvalue weighted by Crippen LogP contribution is -2.35. The van der Waals surface area contributed by atoms with E-state index in [4.69, 9.17) is 5.26 Å². The molecule has 2 aromatic carbocycles. The second-order valence-electron chi connectivity index (χ2n) is 8.52. The van der Waals surface area contributed by atoms with Crippen LogP contribution in [0.1, 0.15) is 31.2 Å². The van der Waals surface area contributed by atoms with Crippen LogP contribution < -0.4 is 10.9 Å². The van der Waals surface area contributed by atoms with Gasteiger partial charge >= 0.3 is 0 Å². The molecule has 1 aliphatic rings. The van der Waals surface area contributed by atoms with Crippen molar-refractivity contribution in [3.05, 3.63) is 70.5 Å². The number of para-hydroxylation sites is 1. The van der Waals surface area contributed by atoms with Crippen LogP contribution in [0.2, 0.25) is 0 Å². The zero-order valence-corrected chi connectivity index (χ0v) is 19.4. The SMILES string of the molecule is N#CCSc1nc2ccccc2c(=O)n1CC1CCC(C(=O)NCCc2ccccc2)CC1. The molecule has 1 saturated carbocycles. The van der Waals surface area contributed by atoms with Crippen LogP contribution in [0, 0.1) is 23.2 Å². The summed E-state index contributed by atoms with van der Waals surface area (Å²) in [6.07, 6.45) is 4.30. The van der Waals surface area contributed by atoms with E-state index in [1.807, 2.05) is 36.4 Å². The number of thioether (sulfide) groups is 1. The highest BCUT2D eigenvalue weighted by atomic mass is 32.2. The molecule has 1 aromatic heterocycles. The molecule has 1 heterocycles. The molecular weight excluding hydrogens is 432 g/mol. The summed E-state index contributed by atoms with van der Waals surface area (Å²) >= 11 is 1.30. The number of nitrogens with zero attached hydrogens (tertiary/aromatic N) is 3. The Bertz CT molecular complexity index is 1190. The first-order valence-corrected chi connectivity index (χ1v) is 12.4. The smallest absolute Gasteiger partial charge is 0.262 e. The van der Waals surface area contributed by atoms with E-state index < -0.39 is 0 Å². The normalized spacial score (nSPS) is 18.0. The van der Waals surface area contributed by atoms with Crippen LogP contribution in [-0.2, 0) is 17.8 Å². The molecule has 1 amide bonds. The largest absolute Gasteiger partial charge is 0.356 e. The highest BCUT2D eigenvalue weighted by Crippen LogP contribution is 2.31. The van der Waals surface area contributed by atoms with Crippen LogP contribution >= 0.6 is 11.8 Å². The Labute approximate surface area is 198 Å². The molecule has 0 saturated heterocycles. The van der Waals surface area contributed by atoms with Crippen LogP contribution in [0.25, 0.3) is 10.9 Å². The van der Waals surface area contributed by atoms with Gasteiger partial charge in [-0.3, -0.25) is 14.2 Å². The van der Waals surface area contributed by atoms with E-state index in [0.29, 0.717) is 35.1 Å². The molecule has 1 aliphatic carbocycles. The Morgan fingerprint density at radius 3 is 2.58 bits per heavy atom. The first kappa shape index (κ1) is 23.1. The monoisotopic (exact) mass is 460 g/mol. The molecule has 0 bridgehead atoms. The van der Waals surface area contributed by atoms with Crippen molar-refractivity contribution in [2.24, 2.45) is 11.8 Å². The van der Waals surface area contributed by atoms with Crippen molar-refractivity contribution in [1.82, 2.24) is 14.9 Å². The number of hydrogen-bond donors (Lipinski definition) is 1. The van der Waals surface area contributed by atoms with Crippen molar-refractivity contribution < 1.29 is 4.79 Å². The Balaban J connectivity index is 1.35. The van der Waals surface area contributed by atoms with E-state index >= 15 is 0 Å². The summed E-state index contributed by atoms with van der Waals surface area (Å²) in [5.41, 5.74) is 1.83. The number of carbonyl (C=O) groups excluding carboxylic acids is 1. The quantitative estimate of drug-likeness (QED) is 0.403. The maximum atomic E-state index is 13.2. The number of amides is 1. The van der Waals surface area contributed by atoms with Crippen LogP contribution in [0.4, 0.5) is 0 Å². The fourth-order valence-electron chi connectivity index (χ4n) is 4.50. The van der Waals surface area contributed by atoms with E-state index in [9.17, 15) is 9.59 Å². The fraction of sp³-hybridized carbons (Fsp3) is 0.385. The van der Waals surface area contributed by atoms with E-state index in [-0.39, 0.29) is 23.1 Å². The van der Waals surface area contributed by atoms with Crippen LogP contribution in [0.15, 0.2) is 64.5 Å². The minimum atomic E-state index is -0.0539. The summed E-state index contributed by atoms with van der Waals surface area (Å²) in [6.45, 7) is 1.23. The van der Waals surface area contributed by atoms with Crippen molar-refractivity contribution in [2.45, 2.75) is 43.8 Å². The number of aromatic nitrogens is 2. The molecule has 7 heteroatoms. The second-order valence-corrected chi connectivity index (χ2v) is 9.46. The van der Waals surface area contributed by atoms with Crippen molar-refractivity contribution >= 4 is 28.6 Å². The van der Waals surface area contributed by atoms with E-state index in [2.05, 4.69) is 28.5 Å². The lowest BCUT2D eigenvalue weighted by Gasteiger charge is -2.28. The molecule has 0 atom stereocenters. The minimum absolute atomic E-state index is 0.0379. The lowest BCUT2D eigenvalue weighted by molar-refractivity contribution is -0.126. The summed E-state index contributed by atoms with van der Waals surface area (Å²) in [5.74, 6) is 0.747. The zero-order chi connectivity index (χ0) is 23.0. The van der Waals surface area contributed by atoms with Gasteiger partial charge in [0, 0.05) is 19.0 Å². The minimum Gasteiger partial charge on any atom is -0.356 e. The van der Waals surface area contributed by atoms with Crippen LogP contribution in [-0.4, -0.2) is 27.8 Å². The van der Waals surface area contributed by atoms with Gasteiger partial charge in [-0.1, -0.05) is 54.2 Å². The molecule has 0 radical (unpaired) electrons. The van der Waals surface area contributed by atoms with Crippen LogP contribution in [0.3, 0.4) is 0 Å². The van der Waals surface area contributed by atoms with Crippen molar-refractivity contribution in [1.29, 1.82) is 5.26 Å². The van der Waals surface area contributed by atoms with Crippen molar-refractivity contribution in [3.8, 4) is 6.07 Å². The lowest BCUT2D eigenvalue weighted by atomic mass is 9.81. The van der Waals surface area contributed by atoms with Gasteiger partial charge in [0.25, 0.3) is 5.56 Å². The molecule has 1 fully saturated rings. The molecule has 33 heavy (non-hydrogen) atoms. The zero-order valence-electron chi connectivity index (χ0n) is 18.6. The Morgan fingerprint density at radius 1 is 1.09 bits per heavy atom. The Kier molecular flexibility index (Phi) is 7.79. The maximum absolute atomic E-state index is 13.2. The van der Waals surface area contributed by atoms with Gasteiger partial charge in [0.05, 0.1) is 22.7 Å². The number of carbonyl (C=O) groups is 1. The molecule has 170 valence electrons. The predicted molar refractivity (Wildman–Crippen MR) is 131 cm³/mol. The fourth-order valence-corrected chi connectivity index (χ4v) is 5.17. The van der Waals surface area contributed by atoms with Gasteiger partial charge in [-0.15, -0.1) is 0 Å². The molecule has 0 unspecified atom stereocenters. The molecule has 6 nitrogen and oxygen atoms in total. The summed E-state index contributed by atoms with van der Waals surface area (Å²) in [7, 11) is 0. The van der Waals surface area contributed by atoms with Gasteiger partial charge in [0.2, 0.25) is 5.91 Å². The number of benzene rings is 2. The van der Waals surface area contributed by atoms with E-state index in [1.54, 1.807) is 10.6 Å². The average molecular weight is 461 g/mol. The number of hydrogen-bond acceptors (Lipinski definition) is 5.